The van der Waals surface area contributed by atoms with Gasteiger partial charge in [0.25, 0.3) is 0 Å². The third kappa shape index (κ3) is 2.65. The van der Waals surface area contributed by atoms with Gasteiger partial charge >= 0.3 is 0 Å². The Morgan fingerprint density at radius 2 is 2.11 bits per heavy atom. The molecule has 1 saturated heterocycles. The van der Waals surface area contributed by atoms with Crippen LogP contribution in [-0.4, -0.2) is 40.4 Å². The minimum absolute atomic E-state index is 0.324. The second-order valence-corrected chi connectivity index (χ2v) is 5.10. The minimum atomic E-state index is 0.324. The zero-order chi connectivity index (χ0) is 13.1. The van der Waals surface area contributed by atoms with Crippen molar-refractivity contribution < 1.29 is 0 Å². The first kappa shape index (κ1) is 12.9. The van der Waals surface area contributed by atoms with Crippen molar-refractivity contribution in [1.82, 2.24) is 14.7 Å². The number of anilines is 1. The smallest absolute Gasteiger partial charge is 0.142 e. The zero-order valence-electron chi connectivity index (χ0n) is 11.4. The lowest BCUT2D eigenvalue weighted by Crippen LogP contribution is -2.33. The monoisotopic (exact) mass is 247 g/mol. The molecule has 1 atom stereocenters. The molecule has 0 aliphatic carbocycles. The van der Waals surface area contributed by atoms with Gasteiger partial charge in [-0.05, 0) is 39.8 Å². The molecule has 0 radical (unpaired) electrons. The molecule has 1 unspecified atom stereocenters. The summed E-state index contributed by atoms with van der Waals surface area (Å²) in [6, 6.07) is 2.55. The summed E-state index contributed by atoms with van der Waals surface area (Å²) in [4.78, 5) is 2.47. The lowest BCUT2D eigenvalue weighted by molar-refractivity contribution is 0.327. The third-order valence-electron chi connectivity index (χ3n) is 3.45. The molecule has 0 amide bonds. The van der Waals surface area contributed by atoms with Crippen LogP contribution < -0.4 is 5.32 Å². The summed E-state index contributed by atoms with van der Waals surface area (Å²) in [5, 5.41) is 16.9. The normalized spacial score (nSPS) is 17.7. The largest absolute Gasteiger partial charge is 0.365 e. The molecule has 98 valence electrons. The first-order chi connectivity index (χ1) is 8.61. The Labute approximate surface area is 108 Å². The number of hydrogen-bond acceptors (Lipinski definition) is 4. The molecule has 5 nitrogen and oxygen atoms in total. The van der Waals surface area contributed by atoms with Gasteiger partial charge < -0.3 is 10.2 Å². The van der Waals surface area contributed by atoms with Gasteiger partial charge in [-0.25, -0.2) is 0 Å². The van der Waals surface area contributed by atoms with Gasteiger partial charge in [0.1, 0.15) is 17.5 Å². The van der Waals surface area contributed by atoms with Crippen molar-refractivity contribution >= 4 is 5.82 Å². The molecule has 0 aromatic carbocycles. The Morgan fingerprint density at radius 3 is 2.72 bits per heavy atom. The average Bonchev–Trinajstić information content (AvgIpc) is 2.89. The van der Waals surface area contributed by atoms with Gasteiger partial charge in [-0.3, -0.25) is 4.68 Å². The summed E-state index contributed by atoms with van der Waals surface area (Å²) in [6.45, 7) is 7.44. The Hall–Kier alpha value is -1.54. The molecule has 5 heteroatoms. The average molecular weight is 247 g/mol. The Morgan fingerprint density at radius 1 is 1.44 bits per heavy atom. The molecule has 1 aromatic rings. The van der Waals surface area contributed by atoms with Crippen molar-refractivity contribution in [2.45, 2.75) is 32.7 Å². The van der Waals surface area contributed by atoms with Crippen molar-refractivity contribution in [2.75, 3.05) is 25.0 Å². The Bertz CT molecular complexity index is 451. The lowest BCUT2D eigenvalue weighted by Gasteiger charge is -2.22. The molecule has 2 heterocycles. The molecule has 2 rings (SSSR count). The molecule has 1 aromatic heterocycles. The summed E-state index contributed by atoms with van der Waals surface area (Å²) in [5.41, 5.74) is 1.45. The van der Waals surface area contributed by atoms with Crippen molar-refractivity contribution in [1.29, 1.82) is 5.26 Å². The second kappa shape index (κ2) is 5.40. The standard InChI is InChI=1S/C13H21N5/c1-10(9-18-6-4-5-7-18)15-13-12(8-14)11(2)16-17(13)3/h10,15H,4-7,9H2,1-3H3. The van der Waals surface area contributed by atoms with E-state index in [4.69, 9.17) is 5.26 Å². The maximum absolute atomic E-state index is 9.16. The van der Waals surface area contributed by atoms with E-state index in [1.54, 1.807) is 4.68 Å². The number of nitrogens with zero attached hydrogens (tertiary/aromatic N) is 4. The summed E-state index contributed by atoms with van der Waals surface area (Å²) in [5.74, 6) is 0.835. The molecular formula is C13H21N5. The summed E-state index contributed by atoms with van der Waals surface area (Å²) in [7, 11) is 1.87. The molecule has 1 N–H and O–H groups in total. The van der Waals surface area contributed by atoms with E-state index < -0.39 is 0 Å². The molecule has 1 aliphatic heterocycles. The molecule has 0 saturated carbocycles. The number of aryl methyl sites for hydroxylation is 2. The highest BCUT2D eigenvalue weighted by Crippen LogP contribution is 2.18. The molecule has 1 aliphatic rings. The second-order valence-electron chi connectivity index (χ2n) is 5.10. The maximum atomic E-state index is 9.16. The number of nitriles is 1. The van der Waals surface area contributed by atoms with Gasteiger partial charge in [0.2, 0.25) is 0 Å². The van der Waals surface area contributed by atoms with Crippen molar-refractivity contribution in [3.8, 4) is 6.07 Å². The fourth-order valence-corrected chi connectivity index (χ4v) is 2.59. The van der Waals surface area contributed by atoms with Gasteiger partial charge in [-0.15, -0.1) is 0 Å². The Balaban J connectivity index is 2.02. The number of aromatic nitrogens is 2. The summed E-state index contributed by atoms with van der Waals surface area (Å²) < 4.78 is 1.76. The van der Waals surface area contributed by atoms with E-state index in [9.17, 15) is 0 Å². The van der Waals surface area contributed by atoms with Gasteiger partial charge in [0, 0.05) is 19.6 Å². The van der Waals surface area contributed by atoms with Crippen molar-refractivity contribution in [3.05, 3.63) is 11.3 Å². The van der Waals surface area contributed by atoms with Crippen LogP contribution in [0.2, 0.25) is 0 Å². The van der Waals surface area contributed by atoms with E-state index in [0.717, 1.165) is 18.1 Å². The summed E-state index contributed by atoms with van der Waals surface area (Å²) >= 11 is 0. The van der Waals surface area contributed by atoms with E-state index >= 15 is 0 Å². The Kier molecular flexibility index (Phi) is 3.87. The fourth-order valence-electron chi connectivity index (χ4n) is 2.59. The van der Waals surface area contributed by atoms with E-state index in [2.05, 4.69) is 28.3 Å². The predicted molar refractivity (Wildman–Crippen MR) is 71.4 cm³/mol. The first-order valence-corrected chi connectivity index (χ1v) is 6.54. The van der Waals surface area contributed by atoms with Crippen LogP contribution in [-0.2, 0) is 7.05 Å². The number of hydrogen-bond donors (Lipinski definition) is 1. The highest BCUT2D eigenvalue weighted by molar-refractivity contribution is 5.55. The van der Waals surface area contributed by atoms with Crippen LogP contribution in [0, 0.1) is 18.3 Å². The van der Waals surface area contributed by atoms with Gasteiger partial charge in [0.15, 0.2) is 0 Å². The molecule has 0 bridgehead atoms. The van der Waals surface area contributed by atoms with E-state index in [1.807, 2.05) is 14.0 Å². The van der Waals surface area contributed by atoms with Gasteiger partial charge in [-0.2, -0.15) is 10.4 Å². The fraction of sp³-hybridized carbons (Fsp3) is 0.692. The maximum Gasteiger partial charge on any atom is 0.142 e. The predicted octanol–water partition coefficient (Wildman–Crippen LogP) is 1.50. The van der Waals surface area contributed by atoms with Crippen LogP contribution in [0.15, 0.2) is 0 Å². The van der Waals surface area contributed by atoms with Crippen LogP contribution in [0.4, 0.5) is 5.82 Å². The lowest BCUT2D eigenvalue weighted by atomic mass is 10.2. The summed E-state index contributed by atoms with van der Waals surface area (Å²) in [6.07, 6.45) is 2.61. The highest BCUT2D eigenvalue weighted by atomic mass is 15.3. The van der Waals surface area contributed by atoms with Gasteiger partial charge in [-0.1, -0.05) is 0 Å². The zero-order valence-corrected chi connectivity index (χ0v) is 11.4. The van der Waals surface area contributed by atoms with Crippen molar-refractivity contribution in [3.63, 3.8) is 0 Å². The van der Waals surface area contributed by atoms with Crippen LogP contribution >= 0.6 is 0 Å². The van der Waals surface area contributed by atoms with E-state index in [-0.39, 0.29) is 0 Å². The van der Waals surface area contributed by atoms with Crippen LogP contribution in [0.25, 0.3) is 0 Å². The highest BCUT2D eigenvalue weighted by Gasteiger charge is 2.18. The van der Waals surface area contributed by atoms with Crippen molar-refractivity contribution in [2.24, 2.45) is 7.05 Å². The van der Waals surface area contributed by atoms with Crippen LogP contribution in [0.3, 0.4) is 0 Å². The molecule has 0 spiro atoms. The topological polar surface area (TPSA) is 56.9 Å². The third-order valence-corrected chi connectivity index (χ3v) is 3.45. The SMILES string of the molecule is Cc1nn(C)c(NC(C)CN2CCCC2)c1C#N. The van der Waals surface area contributed by atoms with Crippen LogP contribution in [0.5, 0.6) is 0 Å². The molecule has 18 heavy (non-hydrogen) atoms. The quantitative estimate of drug-likeness (QED) is 0.876. The van der Waals surface area contributed by atoms with Crippen LogP contribution in [0.1, 0.15) is 31.0 Å². The first-order valence-electron chi connectivity index (χ1n) is 6.54. The minimum Gasteiger partial charge on any atom is -0.365 e. The molecular weight excluding hydrogens is 226 g/mol. The number of likely N-dealkylation sites (tertiary alicyclic amines) is 1. The van der Waals surface area contributed by atoms with E-state index in [1.165, 1.54) is 25.9 Å². The van der Waals surface area contributed by atoms with E-state index in [0.29, 0.717) is 11.6 Å². The number of nitrogens with one attached hydrogen (secondary N) is 1. The van der Waals surface area contributed by atoms with Gasteiger partial charge in [0.05, 0.1) is 5.69 Å². The number of rotatable bonds is 4. The molecule has 1 fully saturated rings.